The Balaban J connectivity index is 2.74. The lowest BCUT2D eigenvalue weighted by atomic mass is 10.1. The highest BCUT2D eigenvalue weighted by Gasteiger charge is 1.97. The van der Waals surface area contributed by atoms with Crippen molar-refractivity contribution in [2.75, 3.05) is 25.5 Å². The fourth-order valence-electron chi connectivity index (χ4n) is 1.27. The van der Waals surface area contributed by atoms with E-state index in [0.717, 1.165) is 11.3 Å². The van der Waals surface area contributed by atoms with Crippen molar-refractivity contribution in [3.8, 4) is 0 Å². The molecule has 3 heteroatoms. The first kappa shape index (κ1) is 11.7. The molecule has 2 N–H and O–H groups in total. The predicted molar refractivity (Wildman–Crippen MR) is 62.7 cm³/mol. The van der Waals surface area contributed by atoms with E-state index in [9.17, 15) is 4.39 Å². The van der Waals surface area contributed by atoms with Gasteiger partial charge in [0, 0.05) is 26.3 Å². The molecule has 0 saturated heterocycles. The second kappa shape index (κ2) is 5.51. The number of rotatable bonds is 4. The predicted octanol–water partition coefficient (Wildman–Crippen LogP) is 2.11. The molecular weight excluding hydrogens is 191 g/mol. The summed E-state index contributed by atoms with van der Waals surface area (Å²) in [7, 11) is 3.96. The minimum atomic E-state index is -0.259. The number of hydrogen-bond acceptors (Lipinski definition) is 2. The van der Waals surface area contributed by atoms with Gasteiger partial charge in [-0.3, -0.25) is 0 Å². The molecular formula is C12H17FN2. The average molecular weight is 208 g/mol. The van der Waals surface area contributed by atoms with E-state index >= 15 is 0 Å². The number of nitrogens with zero attached hydrogens (tertiary/aromatic N) is 1. The molecule has 1 aromatic rings. The first-order valence-electron chi connectivity index (χ1n) is 4.94. The number of halogens is 1. The molecule has 1 aromatic carbocycles. The molecule has 0 heterocycles. The number of benzene rings is 1. The second-order valence-corrected chi connectivity index (χ2v) is 3.62. The van der Waals surface area contributed by atoms with Crippen LogP contribution in [0.2, 0.25) is 0 Å². The maximum Gasteiger partial charge on any atom is 0.110 e. The molecule has 1 rings (SSSR count). The van der Waals surface area contributed by atoms with Crippen molar-refractivity contribution in [1.29, 1.82) is 0 Å². The van der Waals surface area contributed by atoms with Crippen molar-refractivity contribution in [2.24, 2.45) is 5.73 Å². The van der Waals surface area contributed by atoms with Crippen LogP contribution in [0.15, 0.2) is 36.2 Å². The highest BCUT2D eigenvalue weighted by molar-refractivity contribution is 5.47. The van der Waals surface area contributed by atoms with Gasteiger partial charge in [0.25, 0.3) is 0 Å². The molecule has 0 aliphatic heterocycles. The third kappa shape index (κ3) is 3.72. The summed E-state index contributed by atoms with van der Waals surface area (Å²) >= 11 is 0. The van der Waals surface area contributed by atoms with E-state index < -0.39 is 0 Å². The van der Waals surface area contributed by atoms with Gasteiger partial charge in [-0.15, -0.1) is 0 Å². The molecule has 15 heavy (non-hydrogen) atoms. The van der Waals surface area contributed by atoms with Crippen molar-refractivity contribution in [3.05, 3.63) is 41.7 Å². The fraction of sp³-hybridized carbons (Fsp3) is 0.333. The lowest BCUT2D eigenvalue weighted by Gasteiger charge is -2.12. The van der Waals surface area contributed by atoms with E-state index in [-0.39, 0.29) is 12.4 Å². The van der Waals surface area contributed by atoms with Gasteiger partial charge in [-0.25, -0.2) is 4.39 Å². The van der Waals surface area contributed by atoms with Crippen LogP contribution >= 0.6 is 0 Å². The Hall–Kier alpha value is -1.35. The molecule has 0 fully saturated rings. The van der Waals surface area contributed by atoms with Crippen molar-refractivity contribution in [2.45, 2.75) is 6.42 Å². The van der Waals surface area contributed by atoms with E-state index in [2.05, 4.69) is 0 Å². The van der Waals surface area contributed by atoms with Crippen LogP contribution in [0.4, 0.5) is 10.1 Å². The van der Waals surface area contributed by atoms with E-state index in [4.69, 9.17) is 5.73 Å². The molecule has 0 unspecified atom stereocenters. The summed E-state index contributed by atoms with van der Waals surface area (Å²) in [6, 6.07) is 8.01. The molecule has 0 atom stereocenters. The topological polar surface area (TPSA) is 29.3 Å². The molecule has 0 spiro atoms. The molecule has 0 aliphatic carbocycles. The standard InChI is InChI=1S/C12H17FN2/c1-15(2)12-5-3-4-10(8-12)6-7-11(13)9-14/h3-5,7-8H,6,9,14H2,1-2H3/b11-7-. The SMILES string of the molecule is CN(C)c1cccc(C/C=C(\F)CN)c1. The van der Waals surface area contributed by atoms with Crippen molar-refractivity contribution >= 4 is 5.69 Å². The summed E-state index contributed by atoms with van der Waals surface area (Å²) in [5.74, 6) is -0.259. The largest absolute Gasteiger partial charge is 0.378 e. The molecule has 0 amide bonds. The van der Waals surface area contributed by atoms with E-state index in [1.165, 1.54) is 6.08 Å². The lowest BCUT2D eigenvalue weighted by molar-refractivity contribution is 0.614. The molecule has 2 nitrogen and oxygen atoms in total. The first-order valence-corrected chi connectivity index (χ1v) is 4.94. The normalized spacial score (nSPS) is 11.6. The third-order valence-corrected chi connectivity index (χ3v) is 2.18. The number of hydrogen-bond donors (Lipinski definition) is 1. The summed E-state index contributed by atoms with van der Waals surface area (Å²) in [5.41, 5.74) is 7.37. The molecule has 0 saturated carbocycles. The summed E-state index contributed by atoms with van der Waals surface area (Å²) in [6.07, 6.45) is 2.11. The van der Waals surface area contributed by atoms with Crippen LogP contribution in [0.25, 0.3) is 0 Å². The highest BCUT2D eigenvalue weighted by atomic mass is 19.1. The summed E-state index contributed by atoms with van der Waals surface area (Å²) in [6.45, 7) is -0.0205. The number of anilines is 1. The van der Waals surface area contributed by atoms with Gasteiger partial charge < -0.3 is 10.6 Å². The van der Waals surface area contributed by atoms with Crippen molar-refractivity contribution in [1.82, 2.24) is 0 Å². The monoisotopic (exact) mass is 208 g/mol. The zero-order valence-corrected chi connectivity index (χ0v) is 9.20. The van der Waals surface area contributed by atoms with Crippen LogP contribution < -0.4 is 10.6 Å². The summed E-state index contributed by atoms with van der Waals surface area (Å²) in [5, 5.41) is 0. The van der Waals surface area contributed by atoms with Crippen LogP contribution in [0.1, 0.15) is 5.56 Å². The third-order valence-electron chi connectivity index (χ3n) is 2.18. The van der Waals surface area contributed by atoms with Crippen molar-refractivity contribution in [3.63, 3.8) is 0 Å². The highest BCUT2D eigenvalue weighted by Crippen LogP contribution is 2.14. The van der Waals surface area contributed by atoms with Crippen LogP contribution in [0.3, 0.4) is 0 Å². The summed E-state index contributed by atoms with van der Waals surface area (Å²) in [4.78, 5) is 2.02. The van der Waals surface area contributed by atoms with Gasteiger partial charge >= 0.3 is 0 Å². The van der Waals surface area contributed by atoms with Crippen LogP contribution in [0, 0.1) is 0 Å². The Morgan fingerprint density at radius 2 is 2.20 bits per heavy atom. The Morgan fingerprint density at radius 1 is 1.47 bits per heavy atom. The maximum absolute atomic E-state index is 12.8. The van der Waals surface area contributed by atoms with Crippen LogP contribution in [-0.2, 0) is 6.42 Å². The minimum absolute atomic E-state index is 0.0205. The van der Waals surface area contributed by atoms with Crippen molar-refractivity contribution < 1.29 is 4.39 Å². The fourth-order valence-corrected chi connectivity index (χ4v) is 1.27. The molecule has 0 aliphatic rings. The van der Waals surface area contributed by atoms with Gasteiger partial charge in [0.2, 0.25) is 0 Å². The Morgan fingerprint density at radius 3 is 2.80 bits per heavy atom. The molecule has 0 bridgehead atoms. The zero-order valence-electron chi connectivity index (χ0n) is 9.20. The van der Waals surface area contributed by atoms with Crippen LogP contribution in [-0.4, -0.2) is 20.6 Å². The summed E-state index contributed by atoms with van der Waals surface area (Å²) < 4.78 is 12.8. The average Bonchev–Trinajstić information content (AvgIpc) is 2.26. The number of allylic oxidation sites excluding steroid dienone is 1. The Kier molecular flexibility index (Phi) is 4.31. The zero-order chi connectivity index (χ0) is 11.3. The van der Waals surface area contributed by atoms with E-state index in [1.807, 2.05) is 43.3 Å². The van der Waals surface area contributed by atoms with Crippen LogP contribution in [0.5, 0.6) is 0 Å². The Bertz CT molecular complexity index is 345. The quantitative estimate of drug-likeness (QED) is 0.821. The molecule has 0 aromatic heterocycles. The van der Waals surface area contributed by atoms with Gasteiger partial charge in [0.05, 0.1) is 0 Å². The number of nitrogens with two attached hydrogens (primary N) is 1. The van der Waals surface area contributed by atoms with Gasteiger partial charge in [-0.2, -0.15) is 0 Å². The minimum Gasteiger partial charge on any atom is -0.378 e. The van der Waals surface area contributed by atoms with E-state index in [1.54, 1.807) is 0 Å². The first-order chi connectivity index (χ1) is 7.13. The molecule has 82 valence electrons. The maximum atomic E-state index is 12.8. The smallest absolute Gasteiger partial charge is 0.110 e. The van der Waals surface area contributed by atoms with Gasteiger partial charge in [-0.1, -0.05) is 12.1 Å². The molecule has 0 radical (unpaired) electrons. The van der Waals surface area contributed by atoms with Gasteiger partial charge in [0.1, 0.15) is 5.83 Å². The van der Waals surface area contributed by atoms with Gasteiger partial charge in [-0.05, 0) is 30.2 Å². The Labute approximate surface area is 90.2 Å². The second-order valence-electron chi connectivity index (χ2n) is 3.62. The van der Waals surface area contributed by atoms with E-state index in [0.29, 0.717) is 6.42 Å². The van der Waals surface area contributed by atoms with Gasteiger partial charge in [0.15, 0.2) is 0 Å². The lowest BCUT2D eigenvalue weighted by Crippen LogP contribution is -2.08.